The molecule has 58 valence electrons. The Balaban J connectivity index is 3.22. The lowest BCUT2D eigenvalue weighted by Crippen LogP contribution is -1.90. The molecule has 0 atom stereocenters. The van der Waals surface area contributed by atoms with Crippen LogP contribution in [0.15, 0.2) is 19.4 Å². The highest BCUT2D eigenvalue weighted by Gasteiger charge is 2.01. The van der Waals surface area contributed by atoms with E-state index in [1.165, 1.54) is 0 Å². The second-order valence-corrected chi connectivity index (χ2v) is 2.63. The van der Waals surface area contributed by atoms with E-state index in [0.717, 1.165) is 11.5 Å². The zero-order valence-electron chi connectivity index (χ0n) is 6.34. The van der Waals surface area contributed by atoms with Gasteiger partial charge in [0.05, 0.1) is 5.69 Å². The molecule has 0 fully saturated rings. The number of aryl methyl sites for hydroxylation is 1. The summed E-state index contributed by atoms with van der Waals surface area (Å²) in [6.07, 6.45) is 3.45. The summed E-state index contributed by atoms with van der Waals surface area (Å²) in [5.74, 6) is 0.725. The molecule has 0 saturated heterocycles. The molecule has 0 bridgehead atoms. The SMILES string of the molecule is C=Cc1nc(C)cn1C(=C)Cl. The van der Waals surface area contributed by atoms with Crippen molar-refractivity contribution in [1.29, 1.82) is 0 Å². The van der Waals surface area contributed by atoms with Gasteiger partial charge in [0.15, 0.2) is 0 Å². The molecule has 1 aromatic rings. The fourth-order valence-electron chi connectivity index (χ4n) is 0.855. The maximum absolute atomic E-state index is 5.68. The molecule has 0 aliphatic rings. The predicted octanol–water partition coefficient (Wildman–Crippen LogP) is 2.50. The Morgan fingerprint density at radius 1 is 1.82 bits per heavy atom. The van der Waals surface area contributed by atoms with Gasteiger partial charge in [0.1, 0.15) is 11.0 Å². The lowest BCUT2D eigenvalue weighted by molar-refractivity contribution is 1.10. The Morgan fingerprint density at radius 2 is 2.45 bits per heavy atom. The van der Waals surface area contributed by atoms with Crippen LogP contribution in [0.5, 0.6) is 0 Å². The number of rotatable bonds is 2. The molecule has 0 unspecified atom stereocenters. The van der Waals surface area contributed by atoms with E-state index < -0.39 is 0 Å². The number of hydrogen-bond donors (Lipinski definition) is 0. The number of nitrogens with zero attached hydrogens (tertiary/aromatic N) is 2. The summed E-state index contributed by atoms with van der Waals surface area (Å²) in [5.41, 5.74) is 0.904. The van der Waals surface area contributed by atoms with Gasteiger partial charge in [-0.2, -0.15) is 0 Å². The van der Waals surface area contributed by atoms with Crippen LogP contribution >= 0.6 is 11.6 Å². The summed E-state index contributed by atoms with van der Waals surface area (Å²) < 4.78 is 1.68. The van der Waals surface area contributed by atoms with Crippen LogP contribution in [-0.2, 0) is 0 Å². The molecule has 11 heavy (non-hydrogen) atoms. The van der Waals surface area contributed by atoms with Gasteiger partial charge in [-0.3, -0.25) is 4.57 Å². The third kappa shape index (κ3) is 1.52. The minimum Gasteiger partial charge on any atom is -0.291 e. The average Bonchev–Trinajstić information content (AvgIpc) is 2.30. The maximum Gasteiger partial charge on any atom is 0.137 e. The molecule has 2 nitrogen and oxygen atoms in total. The number of halogens is 1. The Morgan fingerprint density at radius 3 is 2.82 bits per heavy atom. The molecule has 1 heterocycles. The van der Waals surface area contributed by atoms with Crippen molar-refractivity contribution < 1.29 is 0 Å². The molecular formula is C8H9ClN2. The van der Waals surface area contributed by atoms with E-state index in [9.17, 15) is 0 Å². The third-order valence-electron chi connectivity index (χ3n) is 1.30. The van der Waals surface area contributed by atoms with Crippen molar-refractivity contribution in [3.8, 4) is 0 Å². The molecule has 0 saturated carbocycles. The summed E-state index contributed by atoms with van der Waals surface area (Å²) >= 11 is 5.68. The third-order valence-corrected chi connectivity index (χ3v) is 1.48. The minimum absolute atomic E-state index is 0.431. The van der Waals surface area contributed by atoms with E-state index in [4.69, 9.17) is 11.6 Å². The Labute approximate surface area is 70.8 Å². The largest absolute Gasteiger partial charge is 0.291 e. The molecule has 0 aromatic carbocycles. The van der Waals surface area contributed by atoms with Crippen LogP contribution in [0.25, 0.3) is 11.2 Å². The number of aromatic nitrogens is 2. The van der Waals surface area contributed by atoms with Crippen molar-refractivity contribution in [1.82, 2.24) is 9.55 Å². The maximum atomic E-state index is 5.68. The average molecular weight is 169 g/mol. The van der Waals surface area contributed by atoms with Gasteiger partial charge < -0.3 is 0 Å². The zero-order chi connectivity index (χ0) is 8.43. The van der Waals surface area contributed by atoms with Gasteiger partial charge in [-0.05, 0) is 13.0 Å². The van der Waals surface area contributed by atoms with Gasteiger partial charge in [0, 0.05) is 6.20 Å². The van der Waals surface area contributed by atoms with Crippen LogP contribution in [-0.4, -0.2) is 9.55 Å². The molecule has 0 amide bonds. The molecule has 0 aliphatic heterocycles. The van der Waals surface area contributed by atoms with E-state index >= 15 is 0 Å². The quantitative estimate of drug-likeness (QED) is 0.664. The summed E-state index contributed by atoms with van der Waals surface area (Å²) in [7, 11) is 0. The van der Waals surface area contributed by atoms with Crippen LogP contribution in [0.1, 0.15) is 11.5 Å². The molecule has 0 N–H and O–H groups in total. The van der Waals surface area contributed by atoms with Crippen molar-refractivity contribution in [3.05, 3.63) is 30.9 Å². The summed E-state index contributed by atoms with van der Waals surface area (Å²) in [5, 5.41) is 0.431. The lowest BCUT2D eigenvalue weighted by Gasteiger charge is -1.98. The monoisotopic (exact) mass is 168 g/mol. The predicted molar refractivity (Wildman–Crippen MR) is 48.2 cm³/mol. The summed E-state index contributed by atoms with van der Waals surface area (Å²) in [6.45, 7) is 9.08. The molecular weight excluding hydrogens is 160 g/mol. The zero-order valence-corrected chi connectivity index (χ0v) is 7.10. The second-order valence-electron chi connectivity index (χ2n) is 2.19. The highest BCUT2D eigenvalue weighted by atomic mass is 35.5. The second kappa shape index (κ2) is 2.93. The lowest BCUT2D eigenvalue weighted by atomic mass is 10.6. The van der Waals surface area contributed by atoms with Crippen LogP contribution in [0.4, 0.5) is 0 Å². The normalized spacial score (nSPS) is 9.64. The van der Waals surface area contributed by atoms with Crippen molar-refractivity contribution in [2.45, 2.75) is 6.92 Å². The van der Waals surface area contributed by atoms with Crippen LogP contribution in [0.3, 0.4) is 0 Å². The van der Waals surface area contributed by atoms with E-state index in [1.54, 1.807) is 10.6 Å². The molecule has 0 radical (unpaired) electrons. The molecule has 0 aliphatic carbocycles. The molecule has 1 rings (SSSR count). The molecule has 3 heteroatoms. The van der Waals surface area contributed by atoms with E-state index in [-0.39, 0.29) is 0 Å². The van der Waals surface area contributed by atoms with Gasteiger partial charge in [-0.1, -0.05) is 24.8 Å². The van der Waals surface area contributed by atoms with Gasteiger partial charge in [-0.15, -0.1) is 0 Å². The fraction of sp³-hybridized carbons (Fsp3) is 0.125. The van der Waals surface area contributed by atoms with Gasteiger partial charge >= 0.3 is 0 Å². The van der Waals surface area contributed by atoms with Crippen LogP contribution in [0, 0.1) is 6.92 Å². The topological polar surface area (TPSA) is 17.8 Å². The number of hydrogen-bond acceptors (Lipinski definition) is 1. The standard InChI is InChI=1S/C8H9ClN2/c1-4-8-10-6(2)5-11(8)7(3)9/h4-5H,1,3H2,2H3. The van der Waals surface area contributed by atoms with Crippen molar-refractivity contribution in [3.63, 3.8) is 0 Å². The first-order valence-corrected chi connectivity index (χ1v) is 3.56. The van der Waals surface area contributed by atoms with E-state index in [1.807, 2.05) is 13.1 Å². The summed E-state index contributed by atoms with van der Waals surface area (Å²) in [4.78, 5) is 4.15. The fourth-order valence-corrected chi connectivity index (χ4v) is 0.990. The minimum atomic E-state index is 0.431. The van der Waals surface area contributed by atoms with Crippen LogP contribution in [0.2, 0.25) is 0 Å². The highest BCUT2D eigenvalue weighted by molar-refractivity contribution is 6.44. The van der Waals surface area contributed by atoms with Crippen molar-refractivity contribution >= 4 is 22.8 Å². The van der Waals surface area contributed by atoms with Gasteiger partial charge in [-0.25, -0.2) is 4.98 Å². The van der Waals surface area contributed by atoms with Gasteiger partial charge in [0.25, 0.3) is 0 Å². The molecule has 0 spiro atoms. The van der Waals surface area contributed by atoms with E-state index in [2.05, 4.69) is 18.1 Å². The van der Waals surface area contributed by atoms with Crippen molar-refractivity contribution in [2.24, 2.45) is 0 Å². The smallest absolute Gasteiger partial charge is 0.137 e. The molecule has 1 aromatic heterocycles. The van der Waals surface area contributed by atoms with Crippen LogP contribution < -0.4 is 0 Å². The first kappa shape index (κ1) is 8.08. The van der Waals surface area contributed by atoms with Gasteiger partial charge in [0.2, 0.25) is 0 Å². The first-order chi connectivity index (χ1) is 5.15. The van der Waals surface area contributed by atoms with E-state index in [0.29, 0.717) is 5.16 Å². The Bertz CT molecular complexity index is 299. The van der Waals surface area contributed by atoms with Crippen molar-refractivity contribution in [2.75, 3.05) is 0 Å². The Hall–Kier alpha value is -1.02. The summed E-state index contributed by atoms with van der Waals surface area (Å²) in [6, 6.07) is 0. The highest BCUT2D eigenvalue weighted by Crippen LogP contribution is 2.12. The number of imidazole rings is 1. The Kier molecular flexibility index (Phi) is 2.15. The first-order valence-electron chi connectivity index (χ1n) is 3.18.